The minimum absolute atomic E-state index is 0.0364. The average molecular weight is 306 g/mol. The van der Waals surface area contributed by atoms with E-state index < -0.39 is 0 Å². The molecule has 2 aromatic heterocycles. The van der Waals surface area contributed by atoms with Gasteiger partial charge in [-0.2, -0.15) is 0 Å². The summed E-state index contributed by atoms with van der Waals surface area (Å²) in [4.78, 5) is 18.3. The van der Waals surface area contributed by atoms with Gasteiger partial charge in [0.15, 0.2) is 0 Å². The van der Waals surface area contributed by atoms with Crippen molar-refractivity contribution >= 4 is 22.4 Å². The first-order chi connectivity index (χ1) is 10.2. The Bertz CT molecular complexity index is 570. The molecule has 8 heteroatoms. The number of aromatic nitrogens is 4. The molecule has 0 radical (unpaired) electrons. The van der Waals surface area contributed by atoms with Gasteiger partial charge in [-0.3, -0.25) is 15.0 Å². The molecule has 0 spiro atoms. The SMILES string of the molecule is C[C@H]1CCN(CC(=O)Nc2nncs2)C[C@@H]1n1ccnc1. The lowest BCUT2D eigenvalue weighted by Gasteiger charge is -2.37. The maximum Gasteiger partial charge on any atom is 0.240 e. The van der Waals surface area contributed by atoms with Gasteiger partial charge in [0.1, 0.15) is 5.51 Å². The van der Waals surface area contributed by atoms with Gasteiger partial charge in [0.2, 0.25) is 11.0 Å². The van der Waals surface area contributed by atoms with E-state index in [1.807, 2.05) is 12.5 Å². The fourth-order valence-corrected chi connectivity index (χ4v) is 3.16. The van der Waals surface area contributed by atoms with Gasteiger partial charge in [-0.05, 0) is 18.9 Å². The number of likely N-dealkylation sites (tertiary alicyclic amines) is 1. The Kier molecular flexibility index (Phi) is 4.26. The molecule has 3 rings (SSSR count). The maximum absolute atomic E-state index is 12.0. The number of nitrogens with one attached hydrogen (secondary N) is 1. The molecule has 7 nitrogen and oxygen atoms in total. The van der Waals surface area contributed by atoms with E-state index in [1.54, 1.807) is 11.7 Å². The highest BCUT2D eigenvalue weighted by molar-refractivity contribution is 7.13. The van der Waals surface area contributed by atoms with Crippen LogP contribution in [0.15, 0.2) is 24.2 Å². The molecule has 2 aromatic rings. The van der Waals surface area contributed by atoms with Crippen LogP contribution in [0.3, 0.4) is 0 Å². The van der Waals surface area contributed by atoms with Crippen LogP contribution in [-0.4, -0.2) is 50.2 Å². The molecule has 0 unspecified atom stereocenters. The normalized spacial score (nSPS) is 23.1. The summed E-state index contributed by atoms with van der Waals surface area (Å²) in [5, 5.41) is 10.9. The number of anilines is 1. The first kappa shape index (κ1) is 14.2. The summed E-state index contributed by atoms with van der Waals surface area (Å²) in [6.07, 6.45) is 6.72. The van der Waals surface area contributed by atoms with E-state index in [9.17, 15) is 4.79 Å². The molecular weight excluding hydrogens is 288 g/mol. The third kappa shape index (κ3) is 3.45. The quantitative estimate of drug-likeness (QED) is 0.920. The van der Waals surface area contributed by atoms with Crippen molar-refractivity contribution in [2.75, 3.05) is 25.0 Å². The zero-order valence-corrected chi connectivity index (χ0v) is 12.7. The lowest BCUT2D eigenvalue weighted by Crippen LogP contribution is -2.43. The second kappa shape index (κ2) is 6.31. The van der Waals surface area contributed by atoms with E-state index >= 15 is 0 Å². The Hall–Kier alpha value is -1.80. The highest BCUT2D eigenvalue weighted by atomic mass is 32.1. The van der Waals surface area contributed by atoms with Crippen molar-refractivity contribution < 1.29 is 4.79 Å². The van der Waals surface area contributed by atoms with Crippen LogP contribution in [0.25, 0.3) is 0 Å². The predicted molar refractivity (Wildman–Crippen MR) is 80.0 cm³/mol. The Balaban J connectivity index is 1.57. The number of hydrogen-bond acceptors (Lipinski definition) is 6. The number of carbonyl (C=O) groups is 1. The summed E-state index contributed by atoms with van der Waals surface area (Å²) in [6.45, 7) is 4.44. The first-order valence-electron chi connectivity index (χ1n) is 6.98. The summed E-state index contributed by atoms with van der Waals surface area (Å²) >= 11 is 1.33. The van der Waals surface area contributed by atoms with Crippen molar-refractivity contribution in [2.24, 2.45) is 5.92 Å². The lowest BCUT2D eigenvalue weighted by molar-refractivity contribution is -0.117. The van der Waals surface area contributed by atoms with Crippen molar-refractivity contribution in [3.05, 3.63) is 24.2 Å². The number of carbonyl (C=O) groups excluding carboxylic acids is 1. The fraction of sp³-hybridized carbons (Fsp3) is 0.538. The second-order valence-electron chi connectivity index (χ2n) is 5.37. The van der Waals surface area contributed by atoms with E-state index in [2.05, 4.69) is 36.9 Å². The monoisotopic (exact) mass is 306 g/mol. The highest BCUT2D eigenvalue weighted by Crippen LogP contribution is 2.27. The van der Waals surface area contributed by atoms with Gasteiger partial charge in [0.25, 0.3) is 0 Å². The van der Waals surface area contributed by atoms with E-state index in [0.29, 0.717) is 23.6 Å². The molecule has 112 valence electrons. The van der Waals surface area contributed by atoms with Crippen LogP contribution in [0.1, 0.15) is 19.4 Å². The Morgan fingerprint density at radius 2 is 2.48 bits per heavy atom. The molecule has 2 atom stereocenters. The molecule has 0 aromatic carbocycles. The first-order valence-corrected chi connectivity index (χ1v) is 7.86. The van der Waals surface area contributed by atoms with E-state index in [0.717, 1.165) is 19.5 Å². The summed E-state index contributed by atoms with van der Waals surface area (Å²) < 4.78 is 2.14. The van der Waals surface area contributed by atoms with Crippen LogP contribution < -0.4 is 5.32 Å². The molecule has 0 aliphatic carbocycles. The summed E-state index contributed by atoms with van der Waals surface area (Å²) in [5.74, 6) is 0.548. The number of piperidine rings is 1. The minimum atomic E-state index is -0.0364. The van der Waals surface area contributed by atoms with Gasteiger partial charge in [-0.1, -0.05) is 18.3 Å². The number of amides is 1. The van der Waals surface area contributed by atoms with Crippen molar-refractivity contribution in [1.29, 1.82) is 0 Å². The van der Waals surface area contributed by atoms with Gasteiger partial charge in [0.05, 0.1) is 12.9 Å². The largest absolute Gasteiger partial charge is 0.333 e. The standard InChI is InChI=1S/C13H18N6OS/c1-10-2-4-18(6-11(10)19-5-3-14-8-19)7-12(20)16-13-17-15-9-21-13/h3,5,8-11H,2,4,6-7H2,1H3,(H,16,17,20)/t10-,11-/m0/s1. The Labute approximate surface area is 127 Å². The lowest BCUT2D eigenvalue weighted by atomic mass is 9.93. The molecule has 1 fully saturated rings. The molecule has 1 aliphatic heterocycles. The molecule has 1 amide bonds. The second-order valence-corrected chi connectivity index (χ2v) is 6.20. The third-order valence-corrected chi connectivity index (χ3v) is 4.49. The summed E-state index contributed by atoms with van der Waals surface area (Å²) in [5.41, 5.74) is 1.60. The molecule has 0 bridgehead atoms. The van der Waals surface area contributed by atoms with Crippen molar-refractivity contribution in [2.45, 2.75) is 19.4 Å². The number of rotatable bonds is 4. The number of imidazole rings is 1. The minimum Gasteiger partial charge on any atom is -0.333 e. The van der Waals surface area contributed by atoms with Crippen molar-refractivity contribution in [3.63, 3.8) is 0 Å². The van der Waals surface area contributed by atoms with Gasteiger partial charge in [-0.25, -0.2) is 4.98 Å². The zero-order chi connectivity index (χ0) is 14.7. The molecular formula is C13H18N6OS. The summed E-state index contributed by atoms with van der Waals surface area (Å²) in [7, 11) is 0. The van der Waals surface area contributed by atoms with Gasteiger partial charge < -0.3 is 4.57 Å². The predicted octanol–water partition coefficient (Wildman–Crippen LogP) is 1.26. The van der Waals surface area contributed by atoms with Crippen molar-refractivity contribution in [3.8, 4) is 0 Å². The fourth-order valence-electron chi connectivity index (χ4n) is 2.70. The molecule has 1 aliphatic rings. The van der Waals surface area contributed by atoms with E-state index in [4.69, 9.17) is 0 Å². The highest BCUT2D eigenvalue weighted by Gasteiger charge is 2.28. The van der Waals surface area contributed by atoms with Crippen LogP contribution in [0, 0.1) is 5.92 Å². The van der Waals surface area contributed by atoms with Gasteiger partial charge in [0, 0.05) is 25.0 Å². The van der Waals surface area contributed by atoms with Crippen LogP contribution in [-0.2, 0) is 4.79 Å². The van der Waals surface area contributed by atoms with E-state index in [1.165, 1.54) is 11.3 Å². The van der Waals surface area contributed by atoms with Gasteiger partial charge >= 0.3 is 0 Å². The van der Waals surface area contributed by atoms with E-state index in [-0.39, 0.29) is 5.91 Å². The topological polar surface area (TPSA) is 75.9 Å². The number of hydrogen-bond donors (Lipinski definition) is 1. The molecule has 1 saturated heterocycles. The Morgan fingerprint density at radius 3 is 3.19 bits per heavy atom. The average Bonchev–Trinajstić information content (AvgIpc) is 3.13. The molecule has 3 heterocycles. The Morgan fingerprint density at radius 1 is 1.57 bits per heavy atom. The maximum atomic E-state index is 12.0. The number of nitrogens with zero attached hydrogens (tertiary/aromatic N) is 5. The zero-order valence-electron chi connectivity index (χ0n) is 11.8. The molecule has 0 saturated carbocycles. The van der Waals surface area contributed by atoms with Gasteiger partial charge in [-0.15, -0.1) is 10.2 Å². The van der Waals surface area contributed by atoms with Crippen LogP contribution in [0.5, 0.6) is 0 Å². The van der Waals surface area contributed by atoms with Crippen LogP contribution >= 0.6 is 11.3 Å². The summed E-state index contributed by atoms with van der Waals surface area (Å²) in [6, 6.07) is 0.371. The molecule has 21 heavy (non-hydrogen) atoms. The van der Waals surface area contributed by atoms with Crippen molar-refractivity contribution in [1.82, 2.24) is 24.6 Å². The molecule has 1 N–H and O–H groups in total. The third-order valence-electron chi connectivity index (χ3n) is 3.88. The van der Waals surface area contributed by atoms with Crippen LogP contribution in [0.4, 0.5) is 5.13 Å². The van der Waals surface area contributed by atoms with Crippen LogP contribution in [0.2, 0.25) is 0 Å². The smallest absolute Gasteiger partial charge is 0.240 e.